The minimum Gasteiger partial charge on any atom is -0.784 e. The van der Waals surface area contributed by atoms with Crippen molar-refractivity contribution in [1.82, 2.24) is 0 Å². The molecule has 15 heteroatoms. The van der Waals surface area contributed by atoms with Gasteiger partial charge in [-0.2, -0.15) is 9.13 Å². The smallest absolute Gasteiger partial charge is 0.258 e. The summed E-state index contributed by atoms with van der Waals surface area (Å²) < 4.78 is 61.7. The van der Waals surface area contributed by atoms with Crippen molar-refractivity contribution in [2.75, 3.05) is 6.26 Å². The number of amides is 1. The molecule has 0 atom stereocenters. The standard InChI is InChI=1S/C14H14N4O3.CH4O3S.CH4.H2O3S/c15-14(19)12-4-7-17(8-5-12)10-21-11-18-6-2-1-3-13(18)9-16-20;1-5(2,3)4;;1-4(2)3/h1-9H,10-11H2,(H-,15,19);1H3,(H,2,3,4);1H4;(H2,1,2,3)/p-1. The van der Waals surface area contributed by atoms with Gasteiger partial charge in [0, 0.05) is 30.5 Å². The second-order valence-electron chi connectivity index (χ2n) is 5.18. The fourth-order valence-corrected chi connectivity index (χ4v) is 1.74. The molecule has 2 aromatic rings. The molecule has 0 aromatic carbocycles. The highest BCUT2D eigenvalue weighted by Gasteiger charge is 2.09. The zero-order valence-electron chi connectivity index (χ0n) is 15.6. The van der Waals surface area contributed by atoms with Crippen molar-refractivity contribution in [3.05, 3.63) is 60.2 Å². The van der Waals surface area contributed by atoms with Crippen LogP contribution in [0.5, 0.6) is 0 Å². The van der Waals surface area contributed by atoms with Crippen LogP contribution in [0.15, 0.2) is 54.1 Å². The van der Waals surface area contributed by atoms with Crippen LogP contribution in [0.3, 0.4) is 0 Å². The molecule has 0 radical (unpaired) electrons. The summed E-state index contributed by atoms with van der Waals surface area (Å²) >= 11 is -3.11. The third-order valence-corrected chi connectivity index (χ3v) is 2.81. The van der Waals surface area contributed by atoms with Gasteiger partial charge in [0.1, 0.15) is 6.21 Å². The number of hydrogen-bond acceptors (Lipinski definition) is 10. The highest BCUT2D eigenvalue weighted by Crippen LogP contribution is 1.93. The average Bonchev–Trinajstić information content (AvgIpc) is 2.62. The van der Waals surface area contributed by atoms with Crippen molar-refractivity contribution in [3.63, 3.8) is 0 Å². The number of oxime groups is 1. The zero-order valence-corrected chi connectivity index (χ0v) is 17.2. The van der Waals surface area contributed by atoms with E-state index >= 15 is 0 Å². The lowest BCUT2D eigenvalue weighted by atomic mass is 10.2. The molecule has 0 saturated heterocycles. The normalized spacial score (nSPS) is 10.4. The number of nitrogens with two attached hydrogens (primary N) is 1. The summed E-state index contributed by atoms with van der Waals surface area (Å²) in [6.07, 6.45) is 7.18. The topological polar surface area (TPSA) is 213 Å². The van der Waals surface area contributed by atoms with Crippen molar-refractivity contribution in [1.29, 1.82) is 0 Å². The molecule has 0 saturated carbocycles. The van der Waals surface area contributed by atoms with E-state index in [1.54, 1.807) is 39.7 Å². The van der Waals surface area contributed by atoms with E-state index in [4.69, 9.17) is 42.0 Å². The van der Waals surface area contributed by atoms with Crippen LogP contribution in [0.25, 0.3) is 0 Å². The fraction of sp³-hybridized carbons (Fsp3) is 0.250. The largest absolute Gasteiger partial charge is 0.784 e. The summed E-state index contributed by atoms with van der Waals surface area (Å²) in [4.78, 5) is 11.0. The molecule has 0 spiro atoms. The number of pyridine rings is 2. The predicted molar refractivity (Wildman–Crippen MR) is 104 cm³/mol. The van der Waals surface area contributed by atoms with E-state index in [-0.39, 0.29) is 7.43 Å². The number of carbonyl (C=O) groups excluding carboxylic acids is 1. The lowest BCUT2D eigenvalue weighted by molar-refractivity contribution is -0.788. The molecule has 31 heavy (non-hydrogen) atoms. The lowest BCUT2D eigenvalue weighted by Crippen LogP contribution is -2.42. The molecular formula is C16H23N4O9S2-. The third kappa shape index (κ3) is 17.7. The van der Waals surface area contributed by atoms with E-state index in [0.29, 0.717) is 31.0 Å². The molecule has 174 valence electrons. The minimum absolute atomic E-state index is 0. The quantitative estimate of drug-likeness (QED) is 0.124. The number of hydrogen-bond donors (Lipinski definition) is 2. The van der Waals surface area contributed by atoms with Gasteiger partial charge in [-0.05, 0) is 6.07 Å². The number of carbonyl (C=O) groups is 1. The van der Waals surface area contributed by atoms with Crippen molar-refractivity contribution in [3.8, 4) is 0 Å². The molecule has 2 rings (SSSR count). The van der Waals surface area contributed by atoms with Crippen molar-refractivity contribution in [2.45, 2.75) is 20.9 Å². The Morgan fingerprint density at radius 1 is 1.23 bits per heavy atom. The summed E-state index contributed by atoms with van der Waals surface area (Å²) in [5.41, 5.74) is 6.34. The first-order valence-corrected chi connectivity index (χ1v) is 10.5. The van der Waals surface area contributed by atoms with E-state index in [2.05, 4.69) is 5.16 Å². The van der Waals surface area contributed by atoms with Crippen LogP contribution >= 0.6 is 0 Å². The van der Waals surface area contributed by atoms with Crippen molar-refractivity contribution < 1.29 is 50.2 Å². The Labute approximate surface area is 182 Å². The van der Waals surface area contributed by atoms with Gasteiger partial charge < -0.3 is 24.6 Å². The summed E-state index contributed by atoms with van der Waals surface area (Å²) in [6.45, 7) is 0.614. The molecule has 0 fully saturated rings. The monoisotopic (exact) mass is 479 g/mol. The van der Waals surface area contributed by atoms with Crippen LogP contribution in [0.2, 0.25) is 0 Å². The Morgan fingerprint density at radius 3 is 2.19 bits per heavy atom. The summed E-state index contributed by atoms with van der Waals surface area (Å²) in [6, 6.07) is 8.76. The molecule has 2 heterocycles. The number of ether oxygens (including phenoxy) is 1. The number of aromatic nitrogens is 2. The third-order valence-electron chi connectivity index (χ3n) is 2.81. The Hall–Kier alpha value is -2.82. The fourth-order valence-electron chi connectivity index (χ4n) is 1.74. The molecule has 0 unspecified atom stereocenters. The maximum absolute atomic E-state index is 11.0. The summed E-state index contributed by atoms with van der Waals surface area (Å²) in [5, 5.41) is 11.6. The van der Waals surface area contributed by atoms with E-state index in [9.17, 15) is 4.79 Å². The second-order valence-corrected chi connectivity index (χ2v) is 6.99. The van der Waals surface area contributed by atoms with Crippen LogP contribution in [0.1, 0.15) is 23.5 Å². The van der Waals surface area contributed by atoms with Crippen LogP contribution in [-0.2, 0) is 39.7 Å². The van der Waals surface area contributed by atoms with Crippen LogP contribution < -0.4 is 14.9 Å². The van der Waals surface area contributed by atoms with E-state index in [0.717, 1.165) is 0 Å². The first kappa shape index (κ1) is 30.4. The molecule has 2 aromatic heterocycles. The molecule has 0 aliphatic heterocycles. The van der Waals surface area contributed by atoms with Gasteiger partial charge in [-0.15, -0.1) is 11.4 Å². The van der Waals surface area contributed by atoms with E-state index in [1.807, 2.05) is 18.3 Å². The summed E-state index contributed by atoms with van der Waals surface area (Å²) in [7, 11) is -3.92. The van der Waals surface area contributed by atoms with Gasteiger partial charge in [-0.3, -0.25) is 13.7 Å². The molecule has 1 amide bonds. The minimum atomic E-state index is -3.92. The highest BCUT2D eigenvalue weighted by molar-refractivity contribution is 7.84. The van der Waals surface area contributed by atoms with Crippen LogP contribution in [-0.4, -0.2) is 49.9 Å². The maximum atomic E-state index is 11.0. The van der Waals surface area contributed by atoms with E-state index in [1.165, 1.54) is 6.21 Å². The van der Waals surface area contributed by atoms with Gasteiger partial charge in [-0.1, -0.05) is 12.6 Å². The highest BCUT2D eigenvalue weighted by atomic mass is 32.2. The molecule has 3 N–H and O–H groups in total. The van der Waals surface area contributed by atoms with Gasteiger partial charge in [0.2, 0.25) is 11.6 Å². The Bertz CT molecular complexity index is 940. The molecule has 13 nitrogen and oxygen atoms in total. The van der Waals surface area contributed by atoms with E-state index < -0.39 is 27.4 Å². The molecule has 0 aliphatic carbocycles. The predicted octanol–water partition coefficient (Wildman–Crippen LogP) is -1.41. The second kappa shape index (κ2) is 15.9. The number of nitrogens with zero attached hydrogens (tertiary/aromatic N) is 3. The zero-order chi connectivity index (χ0) is 23.2. The SMILES string of the molecule is C.CS(=O)(=O)[O-].NC(=O)c1cc[n+](COC[n+]2ccccc2/C=N/O)cc1.O=S([O-])[O-]. The van der Waals surface area contributed by atoms with Gasteiger partial charge >= 0.3 is 0 Å². The number of primary amides is 1. The lowest BCUT2D eigenvalue weighted by Gasteiger charge is -2.03. The van der Waals surface area contributed by atoms with Gasteiger partial charge in [-0.25, -0.2) is 8.42 Å². The Balaban J connectivity index is 0. The molecule has 0 bridgehead atoms. The Morgan fingerprint density at radius 2 is 1.74 bits per heavy atom. The average molecular weight is 480 g/mol. The first-order valence-electron chi connectivity index (χ1n) is 7.64. The molecular weight excluding hydrogens is 456 g/mol. The first-order chi connectivity index (χ1) is 13.9. The summed E-state index contributed by atoms with van der Waals surface area (Å²) in [5.74, 6) is -0.462. The maximum Gasteiger partial charge on any atom is 0.258 e. The van der Waals surface area contributed by atoms with Crippen molar-refractivity contribution in [2.24, 2.45) is 10.9 Å². The van der Waals surface area contributed by atoms with Crippen LogP contribution in [0, 0.1) is 0 Å². The van der Waals surface area contributed by atoms with Gasteiger partial charge in [0.05, 0.1) is 15.7 Å². The Kier molecular flexibility index (Phi) is 15.6. The number of rotatable bonds is 6. The van der Waals surface area contributed by atoms with Crippen molar-refractivity contribution >= 4 is 33.6 Å². The van der Waals surface area contributed by atoms with Crippen LogP contribution in [0.4, 0.5) is 0 Å². The van der Waals surface area contributed by atoms with Gasteiger partial charge in [0.25, 0.3) is 13.5 Å². The van der Waals surface area contributed by atoms with Gasteiger partial charge in [0.15, 0.2) is 18.6 Å². The molecule has 0 aliphatic rings.